The van der Waals surface area contributed by atoms with Gasteiger partial charge >= 0.3 is 0 Å². The van der Waals surface area contributed by atoms with E-state index in [1.165, 1.54) is 0 Å². The molecule has 126 valence electrons. The second-order valence-corrected chi connectivity index (χ2v) is 5.25. The van der Waals surface area contributed by atoms with E-state index < -0.39 is 5.91 Å². The lowest BCUT2D eigenvalue weighted by molar-refractivity contribution is 0.0949. The monoisotopic (exact) mass is 328 g/mol. The van der Waals surface area contributed by atoms with Crippen LogP contribution >= 0.6 is 0 Å². The number of hydrogen-bond donors (Lipinski definition) is 2. The Bertz CT molecular complexity index is 746. The Morgan fingerprint density at radius 1 is 1.04 bits per heavy atom. The van der Waals surface area contributed by atoms with E-state index in [0.29, 0.717) is 22.6 Å². The third-order valence-corrected chi connectivity index (χ3v) is 3.68. The molecule has 0 bridgehead atoms. The molecule has 2 aromatic carbocycles. The third kappa shape index (κ3) is 3.84. The van der Waals surface area contributed by atoms with Gasteiger partial charge in [-0.3, -0.25) is 9.59 Å². The molecule has 24 heavy (non-hydrogen) atoms. The van der Waals surface area contributed by atoms with Gasteiger partial charge in [-0.2, -0.15) is 0 Å². The second-order valence-electron chi connectivity index (χ2n) is 5.25. The van der Waals surface area contributed by atoms with E-state index in [9.17, 15) is 9.59 Å². The summed E-state index contributed by atoms with van der Waals surface area (Å²) in [7, 11) is 3.08. The molecule has 6 heteroatoms. The van der Waals surface area contributed by atoms with Crippen LogP contribution in [0, 0.1) is 6.92 Å². The molecule has 6 nitrogen and oxygen atoms in total. The molecule has 0 radical (unpaired) electrons. The molecule has 2 aromatic rings. The number of benzene rings is 2. The molecule has 0 atom stereocenters. The van der Waals surface area contributed by atoms with Crippen LogP contribution in [0.4, 0.5) is 0 Å². The van der Waals surface area contributed by atoms with Gasteiger partial charge in [0.2, 0.25) is 5.91 Å². The number of carbonyl (C=O) groups excluding carboxylic acids is 2. The summed E-state index contributed by atoms with van der Waals surface area (Å²) in [5, 5.41) is 2.80. The first kappa shape index (κ1) is 17.3. The Kier molecular flexibility index (Phi) is 5.42. The average molecular weight is 328 g/mol. The van der Waals surface area contributed by atoms with Crippen LogP contribution in [-0.4, -0.2) is 26.0 Å². The Hall–Kier alpha value is -3.02. The van der Waals surface area contributed by atoms with Gasteiger partial charge in [-0.05, 0) is 36.8 Å². The van der Waals surface area contributed by atoms with Gasteiger partial charge < -0.3 is 20.5 Å². The van der Waals surface area contributed by atoms with Crippen molar-refractivity contribution in [2.75, 3.05) is 14.2 Å². The molecule has 0 unspecified atom stereocenters. The Balaban J connectivity index is 2.15. The van der Waals surface area contributed by atoms with Gasteiger partial charge in [-0.1, -0.05) is 12.1 Å². The quantitative estimate of drug-likeness (QED) is 0.849. The third-order valence-electron chi connectivity index (χ3n) is 3.68. The van der Waals surface area contributed by atoms with Crippen molar-refractivity contribution in [3.8, 4) is 11.5 Å². The summed E-state index contributed by atoms with van der Waals surface area (Å²) in [5.41, 5.74) is 7.70. The summed E-state index contributed by atoms with van der Waals surface area (Å²) in [4.78, 5) is 23.6. The molecule has 2 amide bonds. The molecule has 0 heterocycles. The molecule has 0 fully saturated rings. The number of ether oxygens (including phenoxy) is 2. The van der Waals surface area contributed by atoms with E-state index in [4.69, 9.17) is 15.2 Å². The highest BCUT2D eigenvalue weighted by molar-refractivity contribution is 5.95. The van der Waals surface area contributed by atoms with Gasteiger partial charge in [0.05, 0.1) is 14.2 Å². The van der Waals surface area contributed by atoms with Gasteiger partial charge in [0.1, 0.15) is 11.5 Å². The Morgan fingerprint density at radius 3 is 2.21 bits per heavy atom. The minimum Gasteiger partial charge on any atom is -0.496 e. The standard InChI is InChI=1S/C18H20N2O4/c1-11-15(23-2)8-14(9-16(11)24-3)18(22)20-10-12-5-4-6-13(7-12)17(19)21/h4-9H,10H2,1-3H3,(H2,19,21)(H,20,22). The number of rotatable bonds is 6. The van der Waals surface area contributed by atoms with Crippen LogP contribution in [0.2, 0.25) is 0 Å². The molecule has 0 aliphatic rings. The largest absolute Gasteiger partial charge is 0.496 e. The fourth-order valence-electron chi connectivity index (χ4n) is 2.34. The Morgan fingerprint density at radius 2 is 1.67 bits per heavy atom. The van der Waals surface area contributed by atoms with Crippen molar-refractivity contribution in [2.45, 2.75) is 13.5 Å². The minimum atomic E-state index is -0.504. The highest BCUT2D eigenvalue weighted by atomic mass is 16.5. The lowest BCUT2D eigenvalue weighted by Crippen LogP contribution is -2.23. The Labute approximate surface area is 140 Å². The zero-order valence-electron chi connectivity index (χ0n) is 13.9. The smallest absolute Gasteiger partial charge is 0.251 e. The summed E-state index contributed by atoms with van der Waals surface area (Å²) in [6, 6.07) is 10.1. The fourth-order valence-corrected chi connectivity index (χ4v) is 2.34. The van der Waals surface area contributed by atoms with Crippen molar-refractivity contribution in [1.82, 2.24) is 5.32 Å². The molecule has 0 aliphatic heterocycles. The van der Waals surface area contributed by atoms with E-state index in [-0.39, 0.29) is 12.5 Å². The normalized spacial score (nSPS) is 10.1. The van der Waals surface area contributed by atoms with Crippen LogP contribution in [0.25, 0.3) is 0 Å². The zero-order valence-corrected chi connectivity index (χ0v) is 13.9. The number of hydrogen-bond acceptors (Lipinski definition) is 4. The summed E-state index contributed by atoms with van der Waals surface area (Å²) in [6.07, 6.45) is 0. The number of methoxy groups -OCH3 is 2. The molecule has 2 rings (SSSR count). The lowest BCUT2D eigenvalue weighted by atomic mass is 10.1. The maximum absolute atomic E-state index is 12.4. The number of nitrogens with two attached hydrogens (primary N) is 1. The zero-order chi connectivity index (χ0) is 17.7. The summed E-state index contributed by atoms with van der Waals surface area (Å²) in [6.45, 7) is 2.13. The SMILES string of the molecule is COc1cc(C(=O)NCc2cccc(C(N)=O)c2)cc(OC)c1C. The van der Waals surface area contributed by atoms with Crippen molar-refractivity contribution in [3.63, 3.8) is 0 Å². The van der Waals surface area contributed by atoms with Crippen LogP contribution in [0.15, 0.2) is 36.4 Å². The maximum atomic E-state index is 12.4. The van der Waals surface area contributed by atoms with Crippen LogP contribution in [-0.2, 0) is 6.54 Å². The van der Waals surface area contributed by atoms with Crippen molar-refractivity contribution < 1.29 is 19.1 Å². The van der Waals surface area contributed by atoms with Crippen molar-refractivity contribution in [2.24, 2.45) is 5.73 Å². The number of primary amides is 1. The minimum absolute atomic E-state index is 0.268. The van der Waals surface area contributed by atoms with Crippen LogP contribution in [0.5, 0.6) is 11.5 Å². The average Bonchev–Trinajstić information content (AvgIpc) is 2.60. The van der Waals surface area contributed by atoms with Gasteiger partial charge in [0.25, 0.3) is 5.91 Å². The van der Waals surface area contributed by atoms with Crippen LogP contribution in [0.3, 0.4) is 0 Å². The van der Waals surface area contributed by atoms with Gasteiger partial charge in [-0.25, -0.2) is 0 Å². The van der Waals surface area contributed by atoms with E-state index >= 15 is 0 Å². The first-order valence-electron chi connectivity index (χ1n) is 7.35. The molecular weight excluding hydrogens is 308 g/mol. The number of amides is 2. The van der Waals surface area contributed by atoms with Crippen molar-refractivity contribution in [3.05, 3.63) is 58.7 Å². The molecular formula is C18H20N2O4. The molecule has 0 aliphatic carbocycles. The molecule has 3 N–H and O–H groups in total. The topological polar surface area (TPSA) is 90.6 Å². The van der Waals surface area contributed by atoms with E-state index in [1.807, 2.05) is 13.0 Å². The lowest BCUT2D eigenvalue weighted by Gasteiger charge is -2.13. The van der Waals surface area contributed by atoms with Gasteiger partial charge in [0.15, 0.2) is 0 Å². The van der Waals surface area contributed by atoms with Gasteiger partial charge in [0, 0.05) is 23.2 Å². The highest BCUT2D eigenvalue weighted by Gasteiger charge is 2.13. The number of carbonyl (C=O) groups is 2. The van der Waals surface area contributed by atoms with E-state index in [2.05, 4.69) is 5.32 Å². The first-order valence-corrected chi connectivity index (χ1v) is 7.35. The second kappa shape index (κ2) is 7.50. The van der Waals surface area contributed by atoms with E-state index in [1.54, 1.807) is 44.6 Å². The van der Waals surface area contributed by atoms with E-state index in [0.717, 1.165) is 11.1 Å². The predicted octanol–water partition coefficient (Wildman–Crippen LogP) is 2.04. The maximum Gasteiger partial charge on any atom is 0.251 e. The summed E-state index contributed by atoms with van der Waals surface area (Å²) in [5.74, 6) is 0.387. The van der Waals surface area contributed by atoms with Crippen molar-refractivity contribution in [1.29, 1.82) is 0 Å². The predicted molar refractivity (Wildman–Crippen MR) is 90.4 cm³/mol. The summed E-state index contributed by atoms with van der Waals surface area (Å²) >= 11 is 0. The molecule has 0 aromatic heterocycles. The molecule has 0 spiro atoms. The number of nitrogens with one attached hydrogen (secondary N) is 1. The summed E-state index contributed by atoms with van der Waals surface area (Å²) < 4.78 is 10.5. The highest BCUT2D eigenvalue weighted by Crippen LogP contribution is 2.29. The molecule has 0 saturated carbocycles. The fraction of sp³-hybridized carbons (Fsp3) is 0.222. The van der Waals surface area contributed by atoms with Crippen LogP contribution < -0.4 is 20.5 Å². The van der Waals surface area contributed by atoms with Crippen molar-refractivity contribution >= 4 is 11.8 Å². The van der Waals surface area contributed by atoms with Gasteiger partial charge in [-0.15, -0.1) is 0 Å². The molecule has 0 saturated heterocycles. The first-order chi connectivity index (χ1) is 11.5. The van der Waals surface area contributed by atoms with Crippen LogP contribution in [0.1, 0.15) is 31.8 Å².